The number of nitro groups is 1. The van der Waals surface area contributed by atoms with Crippen molar-refractivity contribution in [3.63, 3.8) is 0 Å². The molecule has 0 aromatic heterocycles. The molecule has 3 rings (SSSR count). The number of nitro benzene ring substituents is 1. The number of ether oxygens (including phenoxy) is 1. The average molecular weight is 273 g/mol. The fraction of sp³-hybridized carbons (Fsp3) is 0.400. The van der Waals surface area contributed by atoms with Gasteiger partial charge in [0.05, 0.1) is 16.9 Å². The van der Waals surface area contributed by atoms with Crippen LogP contribution in [0.2, 0.25) is 0 Å². The molecule has 2 aliphatic rings. The molecule has 2 fully saturated rings. The molecule has 0 spiro atoms. The van der Waals surface area contributed by atoms with E-state index in [1.165, 1.54) is 6.07 Å². The number of carbonyl (C=O) groups is 1. The molecule has 1 aliphatic carbocycles. The van der Waals surface area contributed by atoms with Crippen LogP contribution in [0.15, 0.2) is 36.4 Å². The molecule has 0 N–H and O–H groups in total. The summed E-state index contributed by atoms with van der Waals surface area (Å²) in [5.41, 5.74) is 1.36. The zero-order valence-corrected chi connectivity index (χ0v) is 11.0. The van der Waals surface area contributed by atoms with Crippen molar-refractivity contribution >= 4 is 11.7 Å². The van der Waals surface area contributed by atoms with Crippen molar-refractivity contribution in [3.8, 4) is 0 Å². The van der Waals surface area contributed by atoms with Crippen LogP contribution in [0.25, 0.3) is 0 Å². The number of benzene rings is 1. The van der Waals surface area contributed by atoms with Crippen LogP contribution < -0.4 is 0 Å². The van der Waals surface area contributed by atoms with Gasteiger partial charge in [0, 0.05) is 18.1 Å². The van der Waals surface area contributed by atoms with E-state index in [4.69, 9.17) is 4.74 Å². The highest BCUT2D eigenvalue weighted by Gasteiger charge is 2.55. The lowest BCUT2D eigenvalue weighted by Gasteiger charge is -2.23. The summed E-state index contributed by atoms with van der Waals surface area (Å²) in [7, 11) is 0. The monoisotopic (exact) mass is 273 g/mol. The van der Waals surface area contributed by atoms with E-state index in [0.29, 0.717) is 19.4 Å². The Morgan fingerprint density at radius 2 is 2.30 bits per heavy atom. The summed E-state index contributed by atoms with van der Waals surface area (Å²) in [4.78, 5) is 22.6. The molecule has 1 aromatic carbocycles. The summed E-state index contributed by atoms with van der Waals surface area (Å²) in [6, 6.07) is 6.48. The Bertz CT molecular complexity index is 610. The summed E-state index contributed by atoms with van der Waals surface area (Å²) in [5, 5.41) is 10.8. The van der Waals surface area contributed by atoms with Crippen LogP contribution in [0.1, 0.15) is 18.4 Å². The number of fused-ring (bicyclic) bond motifs is 1. The van der Waals surface area contributed by atoms with Crippen molar-refractivity contribution in [2.75, 3.05) is 6.61 Å². The highest BCUT2D eigenvalue weighted by Crippen LogP contribution is 2.52. The number of allylic oxidation sites excluding steroid dienone is 1. The third-order valence-corrected chi connectivity index (χ3v) is 4.35. The number of hydrogen-bond donors (Lipinski definition) is 0. The van der Waals surface area contributed by atoms with Gasteiger partial charge in [-0.05, 0) is 24.8 Å². The SMILES string of the molecule is C=C1CC2COC(=O)C2(Cc2cccc([N+](=O)[O-])c2)C1. The number of carbonyl (C=O) groups excluding carboxylic acids is 1. The van der Waals surface area contributed by atoms with E-state index in [0.717, 1.165) is 17.6 Å². The van der Waals surface area contributed by atoms with Crippen LogP contribution in [-0.4, -0.2) is 17.5 Å². The second-order valence-corrected chi connectivity index (χ2v) is 5.69. The Hall–Kier alpha value is -2.17. The second-order valence-electron chi connectivity index (χ2n) is 5.69. The molecule has 1 saturated heterocycles. The number of cyclic esters (lactones) is 1. The normalized spacial score (nSPS) is 28.3. The third kappa shape index (κ3) is 1.90. The third-order valence-electron chi connectivity index (χ3n) is 4.35. The van der Waals surface area contributed by atoms with Gasteiger partial charge in [0.2, 0.25) is 0 Å². The minimum Gasteiger partial charge on any atom is -0.465 e. The maximum absolute atomic E-state index is 12.1. The fourth-order valence-electron chi connectivity index (χ4n) is 3.41. The molecular weight excluding hydrogens is 258 g/mol. The van der Waals surface area contributed by atoms with Gasteiger partial charge >= 0.3 is 5.97 Å². The number of non-ortho nitro benzene ring substituents is 1. The molecule has 104 valence electrons. The predicted molar refractivity (Wildman–Crippen MR) is 72.1 cm³/mol. The quantitative estimate of drug-likeness (QED) is 0.367. The van der Waals surface area contributed by atoms with Gasteiger partial charge in [0.1, 0.15) is 0 Å². The molecule has 1 aliphatic heterocycles. The molecule has 2 atom stereocenters. The minimum absolute atomic E-state index is 0.0543. The Balaban J connectivity index is 1.93. The van der Waals surface area contributed by atoms with Crippen molar-refractivity contribution < 1.29 is 14.5 Å². The van der Waals surface area contributed by atoms with Crippen LogP contribution in [0.4, 0.5) is 5.69 Å². The standard InChI is InChI=1S/C15H15NO4/c1-10-5-12-9-20-14(17)15(12,7-10)8-11-3-2-4-13(6-11)16(18)19/h2-4,6,12H,1,5,7-9H2. The van der Waals surface area contributed by atoms with E-state index in [1.807, 2.05) is 6.07 Å². The fourth-order valence-corrected chi connectivity index (χ4v) is 3.41. The Kier molecular flexibility index (Phi) is 2.85. The molecule has 20 heavy (non-hydrogen) atoms. The minimum atomic E-state index is -0.563. The zero-order chi connectivity index (χ0) is 14.3. The first-order chi connectivity index (χ1) is 9.51. The summed E-state index contributed by atoms with van der Waals surface area (Å²) in [6.45, 7) is 4.42. The van der Waals surface area contributed by atoms with Crippen LogP contribution >= 0.6 is 0 Å². The zero-order valence-electron chi connectivity index (χ0n) is 11.0. The smallest absolute Gasteiger partial charge is 0.313 e. The van der Waals surface area contributed by atoms with E-state index in [1.54, 1.807) is 12.1 Å². The van der Waals surface area contributed by atoms with E-state index >= 15 is 0 Å². The summed E-state index contributed by atoms with van der Waals surface area (Å²) >= 11 is 0. The lowest BCUT2D eigenvalue weighted by atomic mass is 9.75. The van der Waals surface area contributed by atoms with Gasteiger partial charge < -0.3 is 4.74 Å². The van der Waals surface area contributed by atoms with Crippen molar-refractivity contribution in [1.82, 2.24) is 0 Å². The lowest BCUT2D eigenvalue weighted by molar-refractivity contribution is -0.384. The molecule has 0 bridgehead atoms. The molecule has 5 nitrogen and oxygen atoms in total. The Morgan fingerprint density at radius 1 is 1.50 bits per heavy atom. The Labute approximate surface area is 116 Å². The van der Waals surface area contributed by atoms with Gasteiger partial charge in [-0.1, -0.05) is 24.3 Å². The first-order valence-corrected chi connectivity index (χ1v) is 6.58. The highest BCUT2D eigenvalue weighted by atomic mass is 16.6. The highest BCUT2D eigenvalue weighted by molar-refractivity contribution is 5.81. The van der Waals surface area contributed by atoms with E-state index in [9.17, 15) is 14.9 Å². The van der Waals surface area contributed by atoms with E-state index in [-0.39, 0.29) is 17.6 Å². The molecule has 0 amide bonds. The Morgan fingerprint density at radius 3 is 3.05 bits per heavy atom. The maximum Gasteiger partial charge on any atom is 0.313 e. The number of hydrogen-bond acceptors (Lipinski definition) is 4. The van der Waals surface area contributed by atoms with Gasteiger partial charge in [0.25, 0.3) is 5.69 Å². The molecular formula is C15H15NO4. The molecule has 2 unspecified atom stereocenters. The summed E-state index contributed by atoms with van der Waals surface area (Å²) in [6.07, 6.45) is 1.91. The van der Waals surface area contributed by atoms with Gasteiger partial charge in [0.15, 0.2) is 0 Å². The first kappa shape index (κ1) is 12.8. The molecule has 5 heteroatoms. The van der Waals surface area contributed by atoms with Gasteiger partial charge in [-0.25, -0.2) is 0 Å². The van der Waals surface area contributed by atoms with Crippen LogP contribution in [0, 0.1) is 21.4 Å². The summed E-state index contributed by atoms with van der Waals surface area (Å²) in [5.74, 6) is -0.0329. The topological polar surface area (TPSA) is 69.4 Å². The van der Waals surface area contributed by atoms with E-state index < -0.39 is 10.3 Å². The van der Waals surface area contributed by atoms with Gasteiger partial charge in [-0.15, -0.1) is 0 Å². The van der Waals surface area contributed by atoms with Crippen LogP contribution in [0.3, 0.4) is 0 Å². The van der Waals surface area contributed by atoms with E-state index in [2.05, 4.69) is 6.58 Å². The molecule has 1 aromatic rings. The van der Waals surface area contributed by atoms with Crippen LogP contribution in [0.5, 0.6) is 0 Å². The average Bonchev–Trinajstić information content (AvgIpc) is 2.86. The lowest BCUT2D eigenvalue weighted by Crippen LogP contribution is -2.31. The maximum atomic E-state index is 12.1. The van der Waals surface area contributed by atoms with Gasteiger partial charge in [-0.3, -0.25) is 14.9 Å². The molecule has 1 heterocycles. The predicted octanol–water partition coefficient (Wildman–Crippen LogP) is 2.65. The first-order valence-electron chi connectivity index (χ1n) is 6.58. The largest absolute Gasteiger partial charge is 0.465 e. The molecule has 1 saturated carbocycles. The second kappa shape index (κ2) is 4.44. The number of nitrogens with zero attached hydrogens (tertiary/aromatic N) is 1. The number of esters is 1. The van der Waals surface area contributed by atoms with Crippen molar-refractivity contribution in [2.24, 2.45) is 11.3 Å². The van der Waals surface area contributed by atoms with Crippen molar-refractivity contribution in [1.29, 1.82) is 0 Å². The van der Waals surface area contributed by atoms with Crippen LogP contribution in [-0.2, 0) is 16.0 Å². The van der Waals surface area contributed by atoms with Crippen molar-refractivity contribution in [2.45, 2.75) is 19.3 Å². The van der Waals surface area contributed by atoms with Crippen molar-refractivity contribution in [3.05, 3.63) is 52.1 Å². The molecule has 0 radical (unpaired) electrons. The number of rotatable bonds is 3. The van der Waals surface area contributed by atoms with Gasteiger partial charge in [-0.2, -0.15) is 0 Å². The summed E-state index contributed by atoms with van der Waals surface area (Å²) < 4.78 is 5.21.